The molecule has 5 rings (SSSR count). The molecule has 2 fully saturated rings. The molecule has 8 heteroatoms. The van der Waals surface area contributed by atoms with E-state index >= 15 is 0 Å². The standard InChI is InChI=1S/C21H21N7O/c1-12-4-16(5-12)27-21(29)17-11-23-19(7-18(17)26-15-2-3-15)28-20-14(10-25-28)6-13(8-22)9-24-20/h6-7,9-12,15-16H,2-5H2,1H3,(H,23,26)(H,27,29). The van der Waals surface area contributed by atoms with Gasteiger partial charge in [-0.05, 0) is 37.7 Å². The fourth-order valence-corrected chi connectivity index (χ4v) is 3.74. The normalized spacial score (nSPS) is 20.7. The predicted molar refractivity (Wildman–Crippen MR) is 108 cm³/mol. The Morgan fingerprint density at radius 2 is 2.00 bits per heavy atom. The summed E-state index contributed by atoms with van der Waals surface area (Å²) in [6.07, 6.45) is 9.04. The molecule has 8 nitrogen and oxygen atoms in total. The fourth-order valence-electron chi connectivity index (χ4n) is 3.74. The van der Waals surface area contributed by atoms with E-state index in [9.17, 15) is 4.79 Å². The van der Waals surface area contributed by atoms with Crippen molar-refractivity contribution in [3.05, 3.63) is 41.9 Å². The second-order valence-corrected chi connectivity index (χ2v) is 8.06. The molecule has 2 N–H and O–H groups in total. The molecular weight excluding hydrogens is 366 g/mol. The van der Waals surface area contributed by atoms with Crippen LogP contribution < -0.4 is 10.6 Å². The highest BCUT2D eigenvalue weighted by Gasteiger charge is 2.29. The number of hydrogen-bond donors (Lipinski definition) is 2. The average Bonchev–Trinajstić information content (AvgIpc) is 3.42. The highest BCUT2D eigenvalue weighted by molar-refractivity contribution is 6.00. The Labute approximate surface area is 168 Å². The summed E-state index contributed by atoms with van der Waals surface area (Å²) in [7, 11) is 0. The van der Waals surface area contributed by atoms with Crippen LogP contribution in [-0.4, -0.2) is 37.7 Å². The minimum atomic E-state index is -0.0915. The van der Waals surface area contributed by atoms with Gasteiger partial charge in [-0.1, -0.05) is 6.92 Å². The zero-order chi connectivity index (χ0) is 20.0. The van der Waals surface area contributed by atoms with Gasteiger partial charge in [0.15, 0.2) is 11.5 Å². The number of carbonyl (C=O) groups is 1. The number of amides is 1. The molecule has 146 valence electrons. The summed E-state index contributed by atoms with van der Waals surface area (Å²) >= 11 is 0. The molecular formula is C21H21N7O. The summed E-state index contributed by atoms with van der Waals surface area (Å²) in [5.41, 5.74) is 2.42. The molecule has 29 heavy (non-hydrogen) atoms. The number of anilines is 1. The third-order valence-electron chi connectivity index (χ3n) is 5.53. The van der Waals surface area contributed by atoms with Gasteiger partial charge in [0.1, 0.15) is 6.07 Å². The highest BCUT2D eigenvalue weighted by Crippen LogP contribution is 2.30. The quantitative estimate of drug-likeness (QED) is 0.697. The Hall–Kier alpha value is -3.47. The fraction of sp³-hybridized carbons (Fsp3) is 0.381. The summed E-state index contributed by atoms with van der Waals surface area (Å²) in [4.78, 5) is 21.6. The van der Waals surface area contributed by atoms with Gasteiger partial charge in [0.2, 0.25) is 0 Å². The summed E-state index contributed by atoms with van der Waals surface area (Å²) in [5.74, 6) is 1.16. The van der Waals surface area contributed by atoms with Crippen LogP contribution in [0, 0.1) is 17.2 Å². The van der Waals surface area contributed by atoms with Crippen LogP contribution in [0.1, 0.15) is 48.5 Å². The maximum absolute atomic E-state index is 12.8. The molecule has 0 saturated heterocycles. The number of rotatable bonds is 5. The van der Waals surface area contributed by atoms with E-state index in [1.54, 1.807) is 23.1 Å². The van der Waals surface area contributed by atoms with Crippen molar-refractivity contribution in [1.82, 2.24) is 25.1 Å². The molecule has 2 aliphatic carbocycles. The molecule has 3 aromatic heterocycles. The Morgan fingerprint density at radius 3 is 2.72 bits per heavy atom. The number of nitriles is 1. The molecule has 0 aliphatic heterocycles. The van der Waals surface area contributed by atoms with Crippen molar-refractivity contribution in [2.24, 2.45) is 5.92 Å². The van der Waals surface area contributed by atoms with Crippen molar-refractivity contribution in [3.63, 3.8) is 0 Å². The molecule has 0 bridgehead atoms. The van der Waals surface area contributed by atoms with E-state index < -0.39 is 0 Å². The van der Waals surface area contributed by atoms with E-state index in [1.165, 1.54) is 6.20 Å². The van der Waals surface area contributed by atoms with Crippen molar-refractivity contribution < 1.29 is 4.79 Å². The first-order valence-corrected chi connectivity index (χ1v) is 9.92. The predicted octanol–water partition coefficient (Wildman–Crippen LogP) is 2.79. The molecule has 1 amide bonds. The minimum Gasteiger partial charge on any atom is -0.382 e. The van der Waals surface area contributed by atoms with Crippen LogP contribution in [0.3, 0.4) is 0 Å². The SMILES string of the molecule is CC1CC(NC(=O)c2cnc(-n3ncc4cc(C#N)cnc43)cc2NC2CC2)C1. The molecule has 2 saturated carbocycles. The number of fused-ring (bicyclic) bond motifs is 1. The van der Waals surface area contributed by atoms with E-state index in [-0.39, 0.29) is 11.9 Å². The lowest BCUT2D eigenvalue weighted by Crippen LogP contribution is -2.43. The summed E-state index contributed by atoms with van der Waals surface area (Å²) < 4.78 is 1.63. The number of pyridine rings is 2. The van der Waals surface area contributed by atoms with Gasteiger partial charge >= 0.3 is 0 Å². The van der Waals surface area contributed by atoms with Crippen LogP contribution >= 0.6 is 0 Å². The van der Waals surface area contributed by atoms with Crippen molar-refractivity contribution in [2.45, 2.75) is 44.7 Å². The first kappa shape index (κ1) is 17.6. The number of hydrogen-bond acceptors (Lipinski definition) is 6. The maximum atomic E-state index is 12.8. The third-order valence-corrected chi connectivity index (χ3v) is 5.53. The van der Waals surface area contributed by atoms with E-state index in [1.807, 2.05) is 6.07 Å². The van der Waals surface area contributed by atoms with Crippen LogP contribution in [0.5, 0.6) is 0 Å². The van der Waals surface area contributed by atoms with Gasteiger partial charge in [0, 0.05) is 35.9 Å². The molecule has 0 aromatic carbocycles. The molecule has 0 atom stereocenters. The van der Waals surface area contributed by atoms with Gasteiger partial charge in [-0.15, -0.1) is 0 Å². The van der Waals surface area contributed by atoms with Crippen LogP contribution in [-0.2, 0) is 0 Å². The lowest BCUT2D eigenvalue weighted by molar-refractivity contribution is 0.0896. The number of aromatic nitrogens is 4. The second kappa shape index (κ2) is 6.85. The molecule has 0 radical (unpaired) electrons. The Bertz CT molecular complexity index is 1140. The lowest BCUT2D eigenvalue weighted by Gasteiger charge is -2.33. The van der Waals surface area contributed by atoms with Crippen molar-refractivity contribution >= 4 is 22.6 Å². The summed E-state index contributed by atoms with van der Waals surface area (Å²) in [5, 5.41) is 20.8. The van der Waals surface area contributed by atoms with Gasteiger partial charge in [-0.25, -0.2) is 9.97 Å². The van der Waals surface area contributed by atoms with Crippen molar-refractivity contribution in [3.8, 4) is 11.9 Å². The van der Waals surface area contributed by atoms with E-state index in [0.717, 1.165) is 36.8 Å². The highest BCUT2D eigenvalue weighted by atomic mass is 16.1. The third kappa shape index (κ3) is 3.40. The van der Waals surface area contributed by atoms with E-state index in [0.29, 0.717) is 34.6 Å². The van der Waals surface area contributed by atoms with Crippen LogP contribution in [0.2, 0.25) is 0 Å². The molecule has 0 spiro atoms. The Morgan fingerprint density at radius 1 is 1.17 bits per heavy atom. The van der Waals surface area contributed by atoms with Crippen LogP contribution in [0.15, 0.2) is 30.7 Å². The topological polar surface area (TPSA) is 109 Å². The molecule has 3 heterocycles. The first-order valence-electron chi connectivity index (χ1n) is 9.92. The van der Waals surface area contributed by atoms with Crippen molar-refractivity contribution in [1.29, 1.82) is 5.26 Å². The van der Waals surface area contributed by atoms with E-state index in [2.05, 4.69) is 38.7 Å². The number of nitrogens with zero attached hydrogens (tertiary/aromatic N) is 5. The Balaban J connectivity index is 1.48. The smallest absolute Gasteiger partial charge is 0.255 e. The molecule has 0 unspecified atom stereocenters. The van der Waals surface area contributed by atoms with E-state index in [4.69, 9.17) is 5.26 Å². The van der Waals surface area contributed by atoms with Gasteiger partial charge in [0.05, 0.1) is 23.0 Å². The lowest BCUT2D eigenvalue weighted by atomic mass is 9.82. The Kier molecular flexibility index (Phi) is 4.16. The minimum absolute atomic E-state index is 0.0915. The van der Waals surface area contributed by atoms with Crippen LogP contribution in [0.25, 0.3) is 16.9 Å². The molecule has 2 aliphatic rings. The van der Waals surface area contributed by atoms with Gasteiger partial charge in [-0.2, -0.15) is 15.0 Å². The van der Waals surface area contributed by atoms with Gasteiger partial charge in [0.25, 0.3) is 5.91 Å². The van der Waals surface area contributed by atoms with Gasteiger partial charge < -0.3 is 10.6 Å². The first-order chi connectivity index (χ1) is 14.1. The average molecular weight is 387 g/mol. The number of nitrogens with one attached hydrogen (secondary N) is 2. The second-order valence-electron chi connectivity index (χ2n) is 8.06. The zero-order valence-electron chi connectivity index (χ0n) is 16.1. The molecule has 3 aromatic rings. The summed E-state index contributed by atoms with van der Waals surface area (Å²) in [6, 6.07) is 6.32. The zero-order valence-corrected chi connectivity index (χ0v) is 16.1. The number of carbonyl (C=O) groups excluding carboxylic acids is 1. The van der Waals surface area contributed by atoms with Gasteiger partial charge in [-0.3, -0.25) is 4.79 Å². The summed E-state index contributed by atoms with van der Waals surface area (Å²) in [6.45, 7) is 2.20. The maximum Gasteiger partial charge on any atom is 0.255 e. The van der Waals surface area contributed by atoms with Crippen LogP contribution in [0.4, 0.5) is 5.69 Å². The van der Waals surface area contributed by atoms with Crippen molar-refractivity contribution in [2.75, 3.05) is 5.32 Å². The monoisotopic (exact) mass is 387 g/mol. The largest absolute Gasteiger partial charge is 0.382 e.